The number of carbonyl (C=O) groups excluding carboxylic acids is 1. The Labute approximate surface area is 137 Å². The first-order chi connectivity index (χ1) is 11.0. The van der Waals surface area contributed by atoms with Crippen molar-refractivity contribution in [1.82, 2.24) is 10.3 Å². The fourth-order valence-corrected chi connectivity index (χ4v) is 2.47. The number of nitrogens with one attached hydrogen (secondary N) is 1. The van der Waals surface area contributed by atoms with Crippen molar-refractivity contribution in [2.24, 2.45) is 0 Å². The normalized spacial score (nSPS) is 12.1. The number of carbonyl (C=O) groups is 2. The van der Waals surface area contributed by atoms with E-state index >= 15 is 0 Å². The standard InChI is InChI=1S/C16H16N2O4S/c1-10(16(20)21)22-12-5-3-4-11(8-12)6-7-14-18-9-13(23-14)15(19)17-2/h3-10H,1-2H3,(H,17,19)(H,20,21)/b7-6+/t10-/m0/s1. The molecule has 1 aromatic carbocycles. The van der Waals surface area contributed by atoms with Crippen LogP contribution in [-0.2, 0) is 4.79 Å². The summed E-state index contributed by atoms with van der Waals surface area (Å²) in [6.45, 7) is 1.47. The van der Waals surface area contributed by atoms with Gasteiger partial charge in [-0.3, -0.25) is 4.79 Å². The maximum absolute atomic E-state index is 11.5. The molecule has 0 spiro atoms. The molecule has 0 bridgehead atoms. The zero-order chi connectivity index (χ0) is 16.8. The maximum Gasteiger partial charge on any atom is 0.344 e. The van der Waals surface area contributed by atoms with E-state index in [4.69, 9.17) is 9.84 Å². The van der Waals surface area contributed by atoms with Crippen LogP contribution in [0.5, 0.6) is 5.75 Å². The summed E-state index contributed by atoms with van der Waals surface area (Å²) < 4.78 is 5.32. The summed E-state index contributed by atoms with van der Waals surface area (Å²) in [7, 11) is 1.57. The molecule has 0 aliphatic carbocycles. The number of carboxylic acids is 1. The summed E-state index contributed by atoms with van der Waals surface area (Å²) in [6, 6.07) is 7.08. The Morgan fingerprint density at radius 3 is 2.87 bits per heavy atom. The van der Waals surface area contributed by atoms with E-state index in [1.807, 2.05) is 12.1 Å². The quantitative estimate of drug-likeness (QED) is 0.848. The van der Waals surface area contributed by atoms with E-state index in [2.05, 4.69) is 10.3 Å². The Hall–Kier alpha value is -2.67. The lowest BCUT2D eigenvalue weighted by molar-refractivity contribution is -0.144. The van der Waals surface area contributed by atoms with E-state index < -0.39 is 12.1 Å². The van der Waals surface area contributed by atoms with Gasteiger partial charge < -0.3 is 15.2 Å². The number of hydrogen-bond acceptors (Lipinski definition) is 5. The highest BCUT2D eigenvalue weighted by molar-refractivity contribution is 7.14. The molecule has 1 amide bonds. The van der Waals surface area contributed by atoms with Crippen molar-refractivity contribution < 1.29 is 19.4 Å². The fourth-order valence-electron chi connectivity index (χ4n) is 1.71. The van der Waals surface area contributed by atoms with Gasteiger partial charge in [0, 0.05) is 7.05 Å². The predicted molar refractivity (Wildman–Crippen MR) is 88.6 cm³/mol. The van der Waals surface area contributed by atoms with Crippen molar-refractivity contribution in [3.05, 3.63) is 45.9 Å². The van der Waals surface area contributed by atoms with E-state index in [9.17, 15) is 9.59 Å². The first-order valence-corrected chi connectivity index (χ1v) is 7.66. The zero-order valence-electron chi connectivity index (χ0n) is 12.6. The molecule has 2 rings (SSSR count). The van der Waals surface area contributed by atoms with Crippen LogP contribution in [0.1, 0.15) is 27.2 Å². The van der Waals surface area contributed by atoms with Gasteiger partial charge >= 0.3 is 5.97 Å². The Morgan fingerprint density at radius 1 is 1.39 bits per heavy atom. The molecule has 1 aromatic heterocycles. The molecule has 1 heterocycles. The average Bonchev–Trinajstić information content (AvgIpc) is 3.01. The molecule has 0 unspecified atom stereocenters. The molecule has 7 heteroatoms. The Balaban J connectivity index is 2.09. The van der Waals surface area contributed by atoms with Gasteiger partial charge in [0.1, 0.15) is 15.6 Å². The third kappa shape index (κ3) is 4.65. The summed E-state index contributed by atoms with van der Waals surface area (Å²) in [4.78, 5) is 27.0. The number of rotatable bonds is 6. The molecule has 6 nitrogen and oxygen atoms in total. The van der Waals surface area contributed by atoms with Crippen LogP contribution in [-0.4, -0.2) is 35.1 Å². The van der Waals surface area contributed by atoms with Crippen molar-refractivity contribution in [1.29, 1.82) is 0 Å². The lowest BCUT2D eigenvalue weighted by Gasteiger charge is -2.10. The molecule has 2 N–H and O–H groups in total. The van der Waals surface area contributed by atoms with Crippen molar-refractivity contribution >= 4 is 35.4 Å². The molecular weight excluding hydrogens is 316 g/mol. The molecule has 1 atom stereocenters. The molecule has 0 radical (unpaired) electrons. The minimum atomic E-state index is -1.02. The van der Waals surface area contributed by atoms with Crippen molar-refractivity contribution in [3.63, 3.8) is 0 Å². The van der Waals surface area contributed by atoms with Crippen LogP contribution in [0.15, 0.2) is 30.5 Å². The van der Waals surface area contributed by atoms with Gasteiger partial charge in [0.25, 0.3) is 5.91 Å². The number of thiazole rings is 1. The van der Waals surface area contributed by atoms with Crippen molar-refractivity contribution in [2.45, 2.75) is 13.0 Å². The van der Waals surface area contributed by atoms with Gasteiger partial charge in [-0.2, -0.15) is 0 Å². The lowest BCUT2D eigenvalue weighted by atomic mass is 10.2. The number of amides is 1. The first-order valence-electron chi connectivity index (χ1n) is 6.85. The van der Waals surface area contributed by atoms with E-state index in [1.165, 1.54) is 24.5 Å². The SMILES string of the molecule is CNC(=O)c1cnc(/C=C/c2cccc(O[C@@H](C)C(=O)O)c2)s1. The maximum atomic E-state index is 11.5. The van der Waals surface area contributed by atoms with E-state index in [-0.39, 0.29) is 5.91 Å². The minimum absolute atomic E-state index is 0.166. The molecule has 23 heavy (non-hydrogen) atoms. The molecular formula is C16H16N2O4S. The van der Waals surface area contributed by atoms with Crippen LogP contribution in [0.3, 0.4) is 0 Å². The second kappa shape index (κ2) is 7.55. The first kappa shape index (κ1) is 16.7. The van der Waals surface area contributed by atoms with Crippen LogP contribution in [0.2, 0.25) is 0 Å². The van der Waals surface area contributed by atoms with E-state index in [0.29, 0.717) is 15.6 Å². The number of benzene rings is 1. The fraction of sp³-hybridized carbons (Fsp3) is 0.188. The van der Waals surface area contributed by atoms with Gasteiger partial charge in [-0.1, -0.05) is 18.2 Å². The van der Waals surface area contributed by atoms with Gasteiger partial charge in [-0.05, 0) is 30.7 Å². The predicted octanol–water partition coefficient (Wildman–Crippen LogP) is 2.53. The molecule has 120 valence electrons. The van der Waals surface area contributed by atoms with E-state index in [0.717, 1.165) is 5.56 Å². The summed E-state index contributed by atoms with van der Waals surface area (Å²) in [6.07, 6.45) is 4.22. The third-order valence-corrected chi connectivity index (χ3v) is 3.87. The molecule has 0 fully saturated rings. The minimum Gasteiger partial charge on any atom is -0.479 e. The van der Waals surface area contributed by atoms with Crippen molar-refractivity contribution in [3.8, 4) is 5.75 Å². The Morgan fingerprint density at radius 2 is 2.17 bits per heavy atom. The molecule has 0 saturated carbocycles. The molecule has 0 aliphatic rings. The summed E-state index contributed by atoms with van der Waals surface area (Å²) >= 11 is 1.28. The van der Waals surface area contributed by atoms with Crippen LogP contribution >= 0.6 is 11.3 Å². The lowest BCUT2D eigenvalue weighted by Crippen LogP contribution is -2.22. The Bertz CT molecular complexity index is 739. The van der Waals surface area contributed by atoms with Gasteiger partial charge in [0.2, 0.25) is 0 Å². The topological polar surface area (TPSA) is 88.5 Å². The smallest absolute Gasteiger partial charge is 0.344 e. The molecule has 2 aromatic rings. The average molecular weight is 332 g/mol. The number of aliphatic carboxylic acids is 1. The van der Waals surface area contributed by atoms with Crippen LogP contribution in [0.4, 0.5) is 0 Å². The van der Waals surface area contributed by atoms with Gasteiger partial charge in [-0.15, -0.1) is 11.3 Å². The second-order valence-electron chi connectivity index (χ2n) is 4.65. The number of ether oxygens (including phenoxy) is 1. The van der Waals surface area contributed by atoms with Gasteiger partial charge in [-0.25, -0.2) is 9.78 Å². The summed E-state index contributed by atoms with van der Waals surface area (Å²) in [5.41, 5.74) is 0.844. The summed E-state index contributed by atoms with van der Waals surface area (Å²) in [5.74, 6) is -0.706. The second-order valence-corrected chi connectivity index (χ2v) is 5.71. The highest BCUT2D eigenvalue weighted by Gasteiger charge is 2.12. The number of hydrogen-bond donors (Lipinski definition) is 2. The highest BCUT2D eigenvalue weighted by atomic mass is 32.1. The largest absolute Gasteiger partial charge is 0.479 e. The summed E-state index contributed by atoms with van der Waals surface area (Å²) in [5, 5.41) is 12.1. The van der Waals surface area contributed by atoms with Crippen LogP contribution in [0, 0.1) is 0 Å². The highest BCUT2D eigenvalue weighted by Crippen LogP contribution is 2.19. The number of carboxylic acid groups (broad SMARTS) is 1. The van der Waals surface area contributed by atoms with Gasteiger partial charge in [0.05, 0.1) is 6.20 Å². The van der Waals surface area contributed by atoms with Crippen molar-refractivity contribution in [2.75, 3.05) is 7.05 Å². The molecule has 0 saturated heterocycles. The number of aromatic nitrogens is 1. The third-order valence-electron chi connectivity index (χ3n) is 2.91. The van der Waals surface area contributed by atoms with Gasteiger partial charge in [0.15, 0.2) is 6.10 Å². The Kier molecular flexibility index (Phi) is 5.48. The van der Waals surface area contributed by atoms with Crippen LogP contribution < -0.4 is 10.1 Å². The molecule has 0 aliphatic heterocycles. The monoisotopic (exact) mass is 332 g/mol. The number of nitrogens with zero attached hydrogens (tertiary/aromatic N) is 1. The zero-order valence-corrected chi connectivity index (χ0v) is 13.5. The van der Waals surface area contributed by atoms with E-state index in [1.54, 1.807) is 31.3 Å². The van der Waals surface area contributed by atoms with Crippen LogP contribution in [0.25, 0.3) is 12.2 Å².